The van der Waals surface area contributed by atoms with Gasteiger partial charge in [-0.15, -0.1) is 0 Å². The molecular weight excluding hydrogens is 394 g/mol. The van der Waals surface area contributed by atoms with Crippen LogP contribution < -0.4 is 0 Å². The fourth-order valence-corrected chi connectivity index (χ4v) is 4.68. The number of hydrogen-bond acceptors (Lipinski definition) is 3. The van der Waals surface area contributed by atoms with Crippen molar-refractivity contribution in [2.75, 3.05) is 0 Å². The van der Waals surface area contributed by atoms with Gasteiger partial charge in [0.2, 0.25) is 0 Å². The van der Waals surface area contributed by atoms with E-state index in [4.69, 9.17) is 0 Å². The minimum Gasteiger partial charge on any atom is -0.289 e. The van der Waals surface area contributed by atoms with E-state index in [0.717, 1.165) is 11.1 Å². The number of rotatable bonds is 4. The molecule has 2 aromatic heterocycles. The number of benzene rings is 2. The first kappa shape index (κ1) is 19.2. The van der Waals surface area contributed by atoms with Crippen LogP contribution in [-0.2, 0) is 18.3 Å². The molecular formula is C26H18F2N2O. The average Bonchev–Trinajstić information content (AvgIpc) is 2.80. The highest BCUT2D eigenvalue weighted by molar-refractivity contribution is 6.13. The molecule has 2 heterocycles. The van der Waals surface area contributed by atoms with E-state index in [0.29, 0.717) is 22.3 Å². The Morgan fingerprint density at radius 2 is 1.13 bits per heavy atom. The number of nitrogens with zero attached hydrogens (tertiary/aromatic N) is 2. The smallest absolute Gasteiger partial charge is 0.193 e. The van der Waals surface area contributed by atoms with Gasteiger partial charge in [-0.1, -0.05) is 48.5 Å². The van der Waals surface area contributed by atoms with Crippen LogP contribution in [0, 0.1) is 11.6 Å². The van der Waals surface area contributed by atoms with Crippen LogP contribution >= 0.6 is 0 Å². The molecule has 0 bridgehead atoms. The maximum Gasteiger partial charge on any atom is 0.193 e. The van der Waals surface area contributed by atoms with Crippen LogP contribution in [0.4, 0.5) is 8.78 Å². The van der Waals surface area contributed by atoms with Crippen LogP contribution in [0.15, 0.2) is 85.5 Å². The largest absolute Gasteiger partial charge is 0.289 e. The monoisotopic (exact) mass is 412 g/mol. The molecule has 0 spiro atoms. The van der Waals surface area contributed by atoms with Crippen LogP contribution in [0.5, 0.6) is 0 Å². The first-order valence-electron chi connectivity index (χ1n) is 10.0. The van der Waals surface area contributed by atoms with Crippen LogP contribution in [-0.4, -0.2) is 15.8 Å². The van der Waals surface area contributed by atoms with Gasteiger partial charge in [0.25, 0.3) is 0 Å². The van der Waals surface area contributed by atoms with Gasteiger partial charge in [0, 0.05) is 28.9 Å². The lowest BCUT2D eigenvalue weighted by Gasteiger charge is -2.41. The van der Waals surface area contributed by atoms with E-state index in [-0.39, 0.29) is 18.6 Å². The average molecular weight is 412 g/mol. The van der Waals surface area contributed by atoms with Gasteiger partial charge in [0.15, 0.2) is 5.78 Å². The summed E-state index contributed by atoms with van der Waals surface area (Å²) in [6, 6.07) is 18.0. The second kappa shape index (κ2) is 7.51. The summed E-state index contributed by atoms with van der Waals surface area (Å²) in [4.78, 5) is 21.0. The van der Waals surface area contributed by atoms with Crippen molar-refractivity contribution < 1.29 is 13.6 Å². The topological polar surface area (TPSA) is 42.9 Å². The fourth-order valence-electron chi connectivity index (χ4n) is 4.68. The maximum atomic E-state index is 14.7. The molecule has 5 heteroatoms. The van der Waals surface area contributed by atoms with Gasteiger partial charge >= 0.3 is 0 Å². The fraction of sp³-hybridized carbons (Fsp3) is 0.115. The summed E-state index contributed by atoms with van der Waals surface area (Å²) in [5.74, 6) is -0.930. The number of halogens is 2. The molecule has 0 saturated carbocycles. The van der Waals surface area contributed by atoms with Crippen molar-refractivity contribution in [2.45, 2.75) is 18.3 Å². The Balaban J connectivity index is 1.82. The Kier molecular flexibility index (Phi) is 4.66. The molecule has 0 saturated heterocycles. The molecule has 0 amide bonds. The lowest BCUT2D eigenvalue weighted by molar-refractivity contribution is 0.102. The summed E-state index contributed by atoms with van der Waals surface area (Å²) in [6.07, 6.45) is 5.97. The first-order valence-corrected chi connectivity index (χ1v) is 10.0. The zero-order valence-electron chi connectivity index (χ0n) is 16.6. The number of fused-ring (bicyclic) bond motifs is 2. The van der Waals surface area contributed by atoms with E-state index in [1.165, 1.54) is 12.4 Å². The summed E-state index contributed by atoms with van der Waals surface area (Å²) < 4.78 is 29.5. The van der Waals surface area contributed by atoms with E-state index < -0.39 is 17.0 Å². The van der Waals surface area contributed by atoms with E-state index >= 15 is 0 Å². The molecule has 0 N–H and O–H groups in total. The van der Waals surface area contributed by atoms with Crippen molar-refractivity contribution in [3.8, 4) is 0 Å². The summed E-state index contributed by atoms with van der Waals surface area (Å²) >= 11 is 0. The second-order valence-electron chi connectivity index (χ2n) is 7.79. The summed E-state index contributed by atoms with van der Waals surface area (Å²) in [5, 5.41) is 0. The molecule has 31 heavy (non-hydrogen) atoms. The number of carbonyl (C=O) groups is 1. The second-order valence-corrected chi connectivity index (χ2v) is 7.79. The van der Waals surface area contributed by atoms with Gasteiger partial charge in [0.1, 0.15) is 11.6 Å². The molecule has 1 aliphatic carbocycles. The predicted molar refractivity (Wildman–Crippen MR) is 113 cm³/mol. The lowest BCUT2D eigenvalue weighted by Crippen LogP contribution is -2.40. The highest BCUT2D eigenvalue weighted by atomic mass is 19.1. The van der Waals surface area contributed by atoms with E-state index in [1.807, 2.05) is 36.4 Å². The van der Waals surface area contributed by atoms with Crippen molar-refractivity contribution >= 4 is 5.78 Å². The molecule has 0 atom stereocenters. The predicted octanol–water partition coefficient (Wildman–Crippen LogP) is 5.07. The summed E-state index contributed by atoms with van der Waals surface area (Å²) in [7, 11) is 0. The van der Waals surface area contributed by atoms with Gasteiger partial charge in [-0.2, -0.15) is 0 Å². The molecule has 1 aliphatic rings. The maximum absolute atomic E-state index is 14.7. The number of ketones is 1. The third-order valence-corrected chi connectivity index (χ3v) is 6.07. The van der Waals surface area contributed by atoms with Crippen molar-refractivity contribution in [2.24, 2.45) is 0 Å². The van der Waals surface area contributed by atoms with Gasteiger partial charge in [-0.3, -0.25) is 14.8 Å². The molecule has 0 unspecified atom stereocenters. The summed E-state index contributed by atoms with van der Waals surface area (Å²) in [5.41, 5.74) is 2.74. The Hall–Kier alpha value is -3.73. The molecule has 0 radical (unpaired) electrons. The zero-order valence-corrected chi connectivity index (χ0v) is 16.6. The van der Waals surface area contributed by atoms with Gasteiger partial charge in [-0.05, 0) is 47.2 Å². The Morgan fingerprint density at radius 3 is 1.58 bits per heavy atom. The zero-order chi connectivity index (χ0) is 21.4. The number of pyridine rings is 2. The molecule has 5 rings (SSSR count). The Labute approximate surface area is 178 Å². The van der Waals surface area contributed by atoms with E-state index in [2.05, 4.69) is 9.97 Å². The van der Waals surface area contributed by atoms with E-state index in [1.54, 1.807) is 36.7 Å². The number of aromatic nitrogens is 2. The number of carbonyl (C=O) groups excluding carboxylic acids is 1. The van der Waals surface area contributed by atoms with Crippen LogP contribution in [0.1, 0.15) is 38.2 Å². The standard InChI is InChI=1S/C26H18F2N2O/c27-23-15-29-11-9-17(23)13-26(14-18-10-12-30-16-24(18)28)21-7-3-1-5-19(21)25(31)20-6-2-4-8-22(20)26/h1-12,15-16H,13-14H2. The van der Waals surface area contributed by atoms with E-state index in [9.17, 15) is 13.6 Å². The molecule has 2 aromatic carbocycles. The van der Waals surface area contributed by atoms with Gasteiger partial charge < -0.3 is 0 Å². The highest BCUT2D eigenvalue weighted by Crippen LogP contribution is 2.46. The minimum atomic E-state index is -0.842. The third-order valence-electron chi connectivity index (χ3n) is 6.07. The molecule has 152 valence electrons. The summed E-state index contributed by atoms with van der Waals surface area (Å²) in [6.45, 7) is 0. The minimum absolute atomic E-state index is 0.0766. The van der Waals surface area contributed by atoms with Gasteiger partial charge in [0.05, 0.1) is 12.4 Å². The van der Waals surface area contributed by atoms with Crippen molar-refractivity contribution in [3.63, 3.8) is 0 Å². The lowest BCUT2D eigenvalue weighted by atomic mass is 9.61. The van der Waals surface area contributed by atoms with Crippen molar-refractivity contribution in [3.05, 3.63) is 130 Å². The molecule has 0 aliphatic heterocycles. The van der Waals surface area contributed by atoms with Gasteiger partial charge in [-0.25, -0.2) is 8.78 Å². The Bertz CT molecular complexity index is 1200. The number of hydrogen-bond donors (Lipinski definition) is 0. The SMILES string of the molecule is O=C1c2ccccc2C(Cc2ccncc2F)(Cc2ccncc2F)c2ccccc21. The van der Waals surface area contributed by atoms with Crippen LogP contribution in [0.2, 0.25) is 0 Å². The molecule has 4 aromatic rings. The quantitative estimate of drug-likeness (QED) is 0.470. The highest BCUT2D eigenvalue weighted by Gasteiger charge is 2.44. The van der Waals surface area contributed by atoms with Crippen molar-refractivity contribution in [1.82, 2.24) is 9.97 Å². The van der Waals surface area contributed by atoms with Crippen molar-refractivity contribution in [1.29, 1.82) is 0 Å². The molecule has 0 fully saturated rings. The Morgan fingerprint density at radius 1 is 0.677 bits per heavy atom. The normalized spacial score (nSPS) is 14.1. The first-order chi connectivity index (χ1) is 15.1. The van der Waals surface area contributed by atoms with Crippen LogP contribution in [0.25, 0.3) is 0 Å². The third kappa shape index (κ3) is 3.13. The van der Waals surface area contributed by atoms with Crippen LogP contribution in [0.3, 0.4) is 0 Å². The molecule has 3 nitrogen and oxygen atoms in total.